The van der Waals surface area contributed by atoms with Crippen molar-refractivity contribution in [1.29, 1.82) is 0 Å². The Kier molecular flexibility index (Phi) is 5.46. The second-order valence-electron chi connectivity index (χ2n) is 6.18. The molecule has 0 radical (unpaired) electrons. The van der Waals surface area contributed by atoms with Gasteiger partial charge in [-0.3, -0.25) is 9.52 Å². The van der Waals surface area contributed by atoms with Crippen LogP contribution in [0.25, 0.3) is 0 Å². The number of carbonyl (C=O) groups excluding carboxylic acids is 1. The van der Waals surface area contributed by atoms with Crippen molar-refractivity contribution in [2.45, 2.75) is 24.7 Å². The lowest BCUT2D eigenvalue weighted by molar-refractivity contribution is 0.0792. The van der Waals surface area contributed by atoms with Gasteiger partial charge in [0.2, 0.25) is 0 Å². The Morgan fingerprint density at radius 3 is 2.31 bits per heavy atom. The van der Waals surface area contributed by atoms with Gasteiger partial charge in [0, 0.05) is 18.7 Å². The highest BCUT2D eigenvalue weighted by Crippen LogP contribution is 2.32. The fourth-order valence-corrected chi connectivity index (χ4v) is 4.61. The number of rotatable bonds is 4. The molecule has 0 unspecified atom stereocenters. The third kappa shape index (κ3) is 3.82. The van der Waals surface area contributed by atoms with Crippen molar-refractivity contribution >= 4 is 44.8 Å². The summed E-state index contributed by atoms with van der Waals surface area (Å²) in [5.41, 5.74) is 1.24. The van der Waals surface area contributed by atoms with Crippen LogP contribution in [-0.4, -0.2) is 32.3 Å². The predicted octanol–water partition coefficient (Wildman–Crippen LogP) is 4.34. The average Bonchev–Trinajstić information content (AvgIpc) is 3.12. The number of halogens is 2. The van der Waals surface area contributed by atoms with Gasteiger partial charge in [-0.1, -0.05) is 35.3 Å². The van der Waals surface area contributed by atoms with Crippen LogP contribution in [0.2, 0.25) is 10.0 Å². The maximum absolute atomic E-state index is 12.8. The van der Waals surface area contributed by atoms with Gasteiger partial charge in [-0.15, -0.1) is 0 Å². The summed E-state index contributed by atoms with van der Waals surface area (Å²) < 4.78 is 27.9. The molecule has 138 valence electrons. The summed E-state index contributed by atoms with van der Waals surface area (Å²) in [6, 6.07) is 9.21. The first kappa shape index (κ1) is 19.0. The van der Waals surface area contributed by atoms with Crippen LogP contribution in [0.3, 0.4) is 0 Å². The lowest BCUT2D eigenvalue weighted by atomic mass is 10.1. The Bertz CT molecular complexity index is 935. The van der Waals surface area contributed by atoms with Crippen molar-refractivity contribution in [2.75, 3.05) is 17.8 Å². The normalized spacial score (nSPS) is 14.5. The van der Waals surface area contributed by atoms with Crippen molar-refractivity contribution in [3.8, 4) is 0 Å². The molecule has 0 spiro atoms. The highest BCUT2D eigenvalue weighted by Gasteiger charge is 2.24. The Morgan fingerprint density at radius 2 is 1.69 bits per heavy atom. The summed E-state index contributed by atoms with van der Waals surface area (Å²) in [5.74, 6) is -0.146. The number of carbonyl (C=O) groups is 1. The van der Waals surface area contributed by atoms with E-state index < -0.39 is 10.0 Å². The number of para-hydroxylation sites is 1. The van der Waals surface area contributed by atoms with Gasteiger partial charge in [0.25, 0.3) is 15.9 Å². The molecule has 1 heterocycles. The largest absolute Gasteiger partial charge is 0.339 e. The van der Waals surface area contributed by atoms with Crippen LogP contribution in [-0.2, 0) is 10.0 Å². The molecular formula is C18H18Cl2N2O3S. The van der Waals surface area contributed by atoms with Crippen LogP contribution in [0.4, 0.5) is 5.69 Å². The summed E-state index contributed by atoms with van der Waals surface area (Å²) in [7, 11) is -3.94. The highest BCUT2D eigenvalue weighted by atomic mass is 35.5. The Labute approximate surface area is 163 Å². The van der Waals surface area contributed by atoms with Crippen molar-refractivity contribution in [3.05, 3.63) is 57.6 Å². The number of aryl methyl sites for hydroxylation is 1. The fraction of sp³-hybridized carbons (Fsp3) is 0.278. The summed E-state index contributed by atoms with van der Waals surface area (Å²) in [4.78, 5) is 14.4. The number of hydrogen-bond acceptors (Lipinski definition) is 3. The third-order valence-electron chi connectivity index (χ3n) is 4.34. The smallest absolute Gasteiger partial charge is 0.262 e. The number of nitrogens with zero attached hydrogens (tertiary/aromatic N) is 1. The van der Waals surface area contributed by atoms with E-state index in [-0.39, 0.29) is 26.5 Å². The molecule has 1 amide bonds. The van der Waals surface area contributed by atoms with E-state index in [1.807, 2.05) is 0 Å². The van der Waals surface area contributed by atoms with Crippen molar-refractivity contribution in [2.24, 2.45) is 0 Å². The molecule has 26 heavy (non-hydrogen) atoms. The maximum Gasteiger partial charge on any atom is 0.262 e. The van der Waals surface area contributed by atoms with Crippen LogP contribution < -0.4 is 4.72 Å². The molecule has 0 saturated carbocycles. The SMILES string of the molecule is Cc1ccc(S(=O)(=O)Nc2c(Cl)cccc2Cl)cc1C(=O)N1CCCC1. The Balaban J connectivity index is 1.95. The number of benzene rings is 2. The van der Waals surface area contributed by atoms with Crippen LogP contribution in [0.15, 0.2) is 41.3 Å². The quantitative estimate of drug-likeness (QED) is 0.811. The topological polar surface area (TPSA) is 66.5 Å². The van der Waals surface area contributed by atoms with Gasteiger partial charge in [0.15, 0.2) is 0 Å². The zero-order valence-corrected chi connectivity index (χ0v) is 16.5. The number of anilines is 1. The summed E-state index contributed by atoms with van der Waals surface area (Å²) in [5, 5.41) is 0.392. The van der Waals surface area contributed by atoms with E-state index in [0.717, 1.165) is 18.4 Å². The van der Waals surface area contributed by atoms with Gasteiger partial charge >= 0.3 is 0 Å². The van der Waals surface area contributed by atoms with Gasteiger partial charge in [-0.05, 0) is 49.6 Å². The molecule has 5 nitrogen and oxygen atoms in total. The third-order valence-corrected chi connectivity index (χ3v) is 6.32. The molecule has 8 heteroatoms. The van der Waals surface area contributed by atoms with Gasteiger partial charge in [0.1, 0.15) is 0 Å². The van der Waals surface area contributed by atoms with Crippen molar-refractivity contribution in [1.82, 2.24) is 4.90 Å². The van der Waals surface area contributed by atoms with E-state index in [1.54, 1.807) is 36.1 Å². The molecule has 2 aromatic rings. The Hall–Kier alpha value is -1.76. The summed E-state index contributed by atoms with van der Waals surface area (Å²) in [6.07, 6.45) is 1.94. The molecular weight excluding hydrogens is 395 g/mol. The fourth-order valence-electron chi connectivity index (χ4n) is 2.88. The summed E-state index contributed by atoms with van der Waals surface area (Å²) >= 11 is 12.1. The number of sulfonamides is 1. The van der Waals surface area contributed by atoms with E-state index in [1.165, 1.54) is 12.1 Å². The first-order chi connectivity index (χ1) is 12.3. The second-order valence-corrected chi connectivity index (χ2v) is 8.67. The van der Waals surface area contributed by atoms with E-state index in [0.29, 0.717) is 18.7 Å². The van der Waals surface area contributed by atoms with E-state index in [4.69, 9.17) is 23.2 Å². The van der Waals surface area contributed by atoms with Crippen LogP contribution in [0.1, 0.15) is 28.8 Å². The highest BCUT2D eigenvalue weighted by molar-refractivity contribution is 7.92. The maximum atomic E-state index is 12.8. The molecule has 1 saturated heterocycles. The van der Waals surface area contributed by atoms with E-state index in [9.17, 15) is 13.2 Å². The number of nitrogens with one attached hydrogen (secondary N) is 1. The van der Waals surface area contributed by atoms with Crippen molar-refractivity contribution in [3.63, 3.8) is 0 Å². The number of amides is 1. The summed E-state index contributed by atoms with van der Waals surface area (Å²) in [6.45, 7) is 3.18. The Morgan fingerprint density at radius 1 is 1.08 bits per heavy atom. The predicted molar refractivity (Wildman–Crippen MR) is 104 cm³/mol. The molecule has 1 N–H and O–H groups in total. The molecule has 0 aliphatic carbocycles. The lowest BCUT2D eigenvalue weighted by Crippen LogP contribution is -2.28. The molecule has 1 aliphatic rings. The van der Waals surface area contributed by atoms with Gasteiger partial charge in [-0.25, -0.2) is 8.42 Å². The van der Waals surface area contributed by atoms with Gasteiger partial charge in [-0.2, -0.15) is 0 Å². The van der Waals surface area contributed by atoms with Crippen LogP contribution in [0, 0.1) is 6.92 Å². The lowest BCUT2D eigenvalue weighted by Gasteiger charge is -2.18. The van der Waals surface area contributed by atoms with Crippen LogP contribution in [0.5, 0.6) is 0 Å². The minimum Gasteiger partial charge on any atom is -0.339 e. The zero-order chi connectivity index (χ0) is 18.9. The van der Waals surface area contributed by atoms with E-state index in [2.05, 4.69) is 4.72 Å². The average molecular weight is 413 g/mol. The second kappa shape index (κ2) is 7.47. The molecule has 1 fully saturated rings. The molecule has 0 atom stereocenters. The molecule has 0 aromatic heterocycles. The first-order valence-electron chi connectivity index (χ1n) is 8.16. The first-order valence-corrected chi connectivity index (χ1v) is 10.4. The molecule has 1 aliphatic heterocycles. The standard InChI is InChI=1S/C18H18Cl2N2O3S/c1-12-7-8-13(11-14(12)18(23)22-9-2-3-10-22)26(24,25)21-17-15(19)5-4-6-16(17)20/h4-8,11,21H,2-3,9-10H2,1H3. The number of likely N-dealkylation sites (tertiary alicyclic amines) is 1. The van der Waals surface area contributed by atoms with E-state index >= 15 is 0 Å². The molecule has 0 bridgehead atoms. The zero-order valence-electron chi connectivity index (χ0n) is 14.1. The van der Waals surface area contributed by atoms with Gasteiger partial charge < -0.3 is 4.90 Å². The minimum absolute atomic E-state index is 0.0124. The van der Waals surface area contributed by atoms with Crippen molar-refractivity contribution < 1.29 is 13.2 Å². The molecule has 2 aromatic carbocycles. The minimum atomic E-state index is -3.94. The van der Waals surface area contributed by atoms with Gasteiger partial charge in [0.05, 0.1) is 20.6 Å². The van der Waals surface area contributed by atoms with Crippen LogP contribution >= 0.6 is 23.2 Å². The number of hydrogen-bond donors (Lipinski definition) is 1. The monoisotopic (exact) mass is 412 g/mol. The molecule has 3 rings (SSSR count).